The van der Waals surface area contributed by atoms with Gasteiger partial charge in [-0.3, -0.25) is 4.79 Å². The highest BCUT2D eigenvalue weighted by molar-refractivity contribution is 5.94. The zero-order valence-electron chi connectivity index (χ0n) is 12.0. The van der Waals surface area contributed by atoms with E-state index in [1.54, 1.807) is 13.0 Å². The van der Waals surface area contributed by atoms with Crippen LogP contribution in [-0.4, -0.2) is 42.3 Å². The molecule has 1 unspecified atom stereocenters. The third kappa shape index (κ3) is 3.92. The van der Waals surface area contributed by atoms with Gasteiger partial charge in [0.05, 0.1) is 12.1 Å². The van der Waals surface area contributed by atoms with Crippen LogP contribution in [0.5, 0.6) is 0 Å². The number of carbonyl (C=O) groups is 2. The molecule has 2 rings (SSSR count). The smallest absolute Gasteiger partial charge is 0.417 e. The van der Waals surface area contributed by atoms with Gasteiger partial charge in [-0.1, -0.05) is 36.4 Å². The van der Waals surface area contributed by atoms with Crippen molar-refractivity contribution in [2.75, 3.05) is 13.2 Å². The number of imide groups is 1. The maximum absolute atomic E-state index is 12.1. The van der Waals surface area contributed by atoms with Crippen molar-refractivity contribution in [3.05, 3.63) is 48.6 Å². The van der Waals surface area contributed by atoms with E-state index in [4.69, 9.17) is 9.47 Å². The third-order valence-corrected chi connectivity index (χ3v) is 3.35. The molecule has 1 saturated heterocycles. The van der Waals surface area contributed by atoms with Crippen LogP contribution in [0.2, 0.25) is 0 Å². The molecule has 0 spiro atoms. The summed E-state index contributed by atoms with van der Waals surface area (Å²) in [5.74, 6) is -0.382. The molecule has 0 bridgehead atoms. The van der Waals surface area contributed by atoms with Gasteiger partial charge in [-0.2, -0.15) is 0 Å². The van der Waals surface area contributed by atoms with Crippen LogP contribution < -0.4 is 0 Å². The number of cyclic esters (lactones) is 1. The van der Waals surface area contributed by atoms with Crippen molar-refractivity contribution in [1.29, 1.82) is 0 Å². The summed E-state index contributed by atoms with van der Waals surface area (Å²) in [5, 5.41) is 0. The van der Waals surface area contributed by atoms with E-state index in [0.717, 1.165) is 10.5 Å². The Morgan fingerprint density at radius 3 is 2.90 bits per heavy atom. The summed E-state index contributed by atoms with van der Waals surface area (Å²) in [6.45, 7) is 5.42. The molecule has 1 aliphatic heterocycles. The van der Waals surface area contributed by atoms with Crippen molar-refractivity contribution in [1.82, 2.24) is 4.90 Å². The van der Waals surface area contributed by atoms with Crippen LogP contribution in [0.15, 0.2) is 43.0 Å². The van der Waals surface area contributed by atoms with Gasteiger partial charge in [0.15, 0.2) is 0 Å². The minimum Gasteiger partial charge on any atom is -0.447 e. The van der Waals surface area contributed by atoms with E-state index in [2.05, 4.69) is 6.58 Å². The number of hydrogen-bond acceptors (Lipinski definition) is 4. The van der Waals surface area contributed by atoms with E-state index in [1.165, 1.54) is 0 Å². The largest absolute Gasteiger partial charge is 0.447 e. The predicted octanol–water partition coefficient (Wildman–Crippen LogP) is 2.17. The molecule has 0 aromatic heterocycles. The van der Waals surface area contributed by atoms with Crippen molar-refractivity contribution in [2.24, 2.45) is 0 Å². The van der Waals surface area contributed by atoms with E-state index in [0.29, 0.717) is 6.42 Å². The highest BCUT2D eigenvalue weighted by Gasteiger charge is 2.37. The number of ether oxygens (including phenoxy) is 2. The molecule has 21 heavy (non-hydrogen) atoms. The molecule has 1 aromatic rings. The summed E-state index contributed by atoms with van der Waals surface area (Å²) < 4.78 is 10.3. The van der Waals surface area contributed by atoms with Crippen LogP contribution in [-0.2, 0) is 20.7 Å². The highest BCUT2D eigenvalue weighted by atomic mass is 16.6. The molecule has 0 radical (unpaired) electrons. The van der Waals surface area contributed by atoms with Crippen LogP contribution >= 0.6 is 0 Å². The van der Waals surface area contributed by atoms with E-state index in [9.17, 15) is 9.59 Å². The van der Waals surface area contributed by atoms with Crippen molar-refractivity contribution < 1.29 is 19.1 Å². The van der Waals surface area contributed by atoms with E-state index >= 15 is 0 Å². The summed E-state index contributed by atoms with van der Waals surface area (Å²) in [4.78, 5) is 25.0. The molecule has 0 saturated carbocycles. The first-order chi connectivity index (χ1) is 10.1. The first-order valence-corrected chi connectivity index (χ1v) is 6.88. The standard InChI is InChI=1S/C16H19NO4/c1-3-12(2)20-11-15(18)17-14(10-21-16(17)19)9-13-7-5-4-6-8-13/h3-8,12,14H,1,9-11H2,2H3/t12?,14-/m0/s1. The second-order valence-corrected chi connectivity index (χ2v) is 4.94. The van der Waals surface area contributed by atoms with Gasteiger partial charge in [-0.05, 0) is 18.9 Å². The molecule has 2 amide bonds. The molecule has 1 aromatic carbocycles. The Labute approximate surface area is 124 Å². The predicted molar refractivity (Wildman–Crippen MR) is 77.7 cm³/mol. The maximum Gasteiger partial charge on any atom is 0.417 e. The second kappa shape index (κ2) is 7.04. The molecule has 1 aliphatic rings. The molecule has 1 fully saturated rings. The molecule has 0 aliphatic carbocycles. The lowest BCUT2D eigenvalue weighted by Gasteiger charge is -2.20. The topological polar surface area (TPSA) is 55.8 Å². The highest BCUT2D eigenvalue weighted by Crippen LogP contribution is 2.17. The van der Waals surface area contributed by atoms with Crippen molar-refractivity contribution in [3.63, 3.8) is 0 Å². The fourth-order valence-corrected chi connectivity index (χ4v) is 2.14. The van der Waals surface area contributed by atoms with Crippen LogP contribution in [0, 0.1) is 0 Å². The first-order valence-electron chi connectivity index (χ1n) is 6.88. The number of benzene rings is 1. The van der Waals surface area contributed by atoms with E-state index < -0.39 is 6.09 Å². The minimum atomic E-state index is -0.601. The van der Waals surface area contributed by atoms with Gasteiger partial charge in [0.2, 0.25) is 0 Å². The van der Waals surface area contributed by atoms with Gasteiger partial charge in [-0.15, -0.1) is 6.58 Å². The van der Waals surface area contributed by atoms with Gasteiger partial charge in [0.1, 0.15) is 13.2 Å². The molecule has 0 N–H and O–H groups in total. The number of amides is 2. The van der Waals surface area contributed by atoms with Crippen molar-refractivity contribution in [3.8, 4) is 0 Å². The van der Waals surface area contributed by atoms with Gasteiger partial charge < -0.3 is 9.47 Å². The van der Waals surface area contributed by atoms with Crippen LogP contribution in [0.3, 0.4) is 0 Å². The molecule has 112 valence electrons. The lowest BCUT2D eigenvalue weighted by Crippen LogP contribution is -2.42. The van der Waals surface area contributed by atoms with E-state index in [1.807, 2.05) is 30.3 Å². The fraction of sp³-hybridized carbons (Fsp3) is 0.375. The Kier molecular flexibility index (Phi) is 5.11. The van der Waals surface area contributed by atoms with Crippen LogP contribution in [0.4, 0.5) is 4.79 Å². The zero-order valence-corrected chi connectivity index (χ0v) is 12.0. The number of nitrogens with zero attached hydrogens (tertiary/aromatic N) is 1. The molecule has 1 heterocycles. The Hall–Kier alpha value is -2.14. The molecule has 2 atom stereocenters. The number of hydrogen-bond donors (Lipinski definition) is 0. The van der Waals surface area contributed by atoms with Crippen LogP contribution in [0.25, 0.3) is 0 Å². The SMILES string of the molecule is C=CC(C)OCC(=O)N1C(=O)OC[C@@H]1Cc1ccccc1. The Balaban J connectivity index is 1.99. The first kappa shape index (κ1) is 15.3. The van der Waals surface area contributed by atoms with Crippen molar-refractivity contribution in [2.45, 2.75) is 25.5 Å². The van der Waals surface area contributed by atoms with E-state index in [-0.39, 0.29) is 31.3 Å². The quantitative estimate of drug-likeness (QED) is 0.753. The lowest BCUT2D eigenvalue weighted by atomic mass is 10.1. The molecule has 5 heteroatoms. The molecular formula is C16H19NO4. The third-order valence-electron chi connectivity index (χ3n) is 3.35. The summed E-state index contributed by atoms with van der Waals surface area (Å²) >= 11 is 0. The lowest BCUT2D eigenvalue weighted by molar-refractivity contribution is -0.135. The zero-order chi connectivity index (χ0) is 15.2. The summed E-state index contributed by atoms with van der Waals surface area (Å²) in [5.41, 5.74) is 1.05. The number of carbonyl (C=O) groups excluding carboxylic acids is 2. The summed E-state index contributed by atoms with van der Waals surface area (Å²) in [6.07, 6.45) is 1.34. The average molecular weight is 289 g/mol. The summed E-state index contributed by atoms with van der Waals surface area (Å²) in [7, 11) is 0. The van der Waals surface area contributed by atoms with Crippen molar-refractivity contribution >= 4 is 12.0 Å². The van der Waals surface area contributed by atoms with Crippen LogP contribution in [0.1, 0.15) is 12.5 Å². The normalized spacial score (nSPS) is 19.2. The van der Waals surface area contributed by atoms with Gasteiger partial charge >= 0.3 is 6.09 Å². The molecule has 5 nitrogen and oxygen atoms in total. The Morgan fingerprint density at radius 2 is 2.24 bits per heavy atom. The Bertz CT molecular complexity index is 514. The van der Waals surface area contributed by atoms with Gasteiger partial charge in [0, 0.05) is 0 Å². The fourth-order valence-electron chi connectivity index (χ4n) is 2.14. The minimum absolute atomic E-state index is 0.159. The molecular weight excluding hydrogens is 270 g/mol. The van der Waals surface area contributed by atoms with Gasteiger partial charge in [-0.25, -0.2) is 9.69 Å². The Morgan fingerprint density at radius 1 is 1.52 bits per heavy atom. The number of rotatable bonds is 6. The maximum atomic E-state index is 12.1. The van der Waals surface area contributed by atoms with Gasteiger partial charge in [0.25, 0.3) is 5.91 Å². The average Bonchev–Trinajstić information content (AvgIpc) is 2.86. The monoisotopic (exact) mass is 289 g/mol. The second-order valence-electron chi connectivity index (χ2n) is 4.94. The summed E-state index contributed by atoms with van der Waals surface area (Å²) in [6, 6.07) is 9.41.